The van der Waals surface area contributed by atoms with Crippen LogP contribution in [0.2, 0.25) is 0 Å². The SMILES string of the molecule is CCNc1cccc(C(=O)Nc2c(Br)cc(C(F)(C(F)(F)F)C(F)(F)F)cc2OC(F)F)c1F. The first-order chi connectivity index (χ1) is 15.5. The summed E-state index contributed by atoms with van der Waals surface area (Å²) in [5, 5.41) is 4.46. The lowest BCUT2D eigenvalue weighted by atomic mass is 9.93. The van der Waals surface area contributed by atoms with E-state index >= 15 is 0 Å². The molecule has 2 N–H and O–H groups in total. The first-order valence-corrected chi connectivity index (χ1v) is 9.78. The zero-order valence-electron chi connectivity index (χ0n) is 16.6. The average molecular weight is 571 g/mol. The predicted octanol–water partition coefficient (Wildman–Crippen LogP) is 7.16. The fourth-order valence-electron chi connectivity index (χ4n) is 2.79. The molecule has 1 amide bonds. The van der Waals surface area contributed by atoms with Crippen molar-refractivity contribution >= 4 is 33.2 Å². The van der Waals surface area contributed by atoms with Crippen LogP contribution in [0.3, 0.4) is 0 Å². The second-order valence-electron chi connectivity index (χ2n) is 6.52. The van der Waals surface area contributed by atoms with E-state index in [2.05, 4.69) is 26.0 Å². The van der Waals surface area contributed by atoms with Gasteiger partial charge in [-0.2, -0.15) is 35.1 Å². The second-order valence-corrected chi connectivity index (χ2v) is 7.37. The first-order valence-electron chi connectivity index (χ1n) is 8.99. The maximum absolute atomic E-state index is 14.5. The lowest BCUT2D eigenvalue weighted by molar-refractivity contribution is -0.348. The van der Waals surface area contributed by atoms with Crippen LogP contribution >= 0.6 is 15.9 Å². The third-order valence-corrected chi connectivity index (χ3v) is 4.92. The molecule has 0 unspecified atom stereocenters. The van der Waals surface area contributed by atoms with Crippen LogP contribution in [0.1, 0.15) is 22.8 Å². The van der Waals surface area contributed by atoms with E-state index in [1.54, 1.807) is 6.92 Å². The van der Waals surface area contributed by atoms with E-state index < -0.39 is 63.4 Å². The zero-order chi connectivity index (χ0) is 26.1. The van der Waals surface area contributed by atoms with Crippen molar-refractivity contribution in [3.05, 3.63) is 51.7 Å². The van der Waals surface area contributed by atoms with Crippen LogP contribution in [-0.4, -0.2) is 31.4 Å². The molecule has 0 radical (unpaired) electrons. The molecule has 0 fully saturated rings. The van der Waals surface area contributed by atoms with Gasteiger partial charge in [0, 0.05) is 16.6 Å². The summed E-state index contributed by atoms with van der Waals surface area (Å²) < 4.78 is 136. The van der Waals surface area contributed by atoms with Crippen LogP contribution < -0.4 is 15.4 Å². The first kappa shape index (κ1) is 27.5. The van der Waals surface area contributed by atoms with Crippen molar-refractivity contribution in [1.29, 1.82) is 0 Å². The number of benzene rings is 2. The number of rotatable bonds is 7. The molecule has 0 saturated carbocycles. The van der Waals surface area contributed by atoms with Gasteiger partial charge in [-0.3, -0.25) is 4.79 Å². The molecule has 15 heteroatoms. The Labute approximate surface area is 193 Å². The molecule has 0 aromatic heterocycles. The Morgan fingerprint density at radius 3 is 2.15 bits per heavy atom. The van der Waals surface area contributed by atoms with Gasteiger partial charge in [0.2, 0.25) is 0 Å². The Kier molecular flexibility index (Phi) is 8.00. The van der Waals surface area contributed by atoms with Gasteiger partial charge in [-0.25, -0.2) is 8.78 Å². The normalized spacial score (nSPS) is 12.6. The fraction of sp³-hybridized carbons (Fsp3) is 0.316. The fourth-order valence-corrected chi connectivity index (χ4v) is 3.33. The lowest BCUT2D eigenvalue weighted by Gasteiger charge is -2.31. The molecule has 188 valence electrons. The smallest absolute Gasteiger partial charge is 0.433 e. The minimum atomic E-state index is -6.53. The molecule has 0 bridgehead atoms. The number of alkyl halides is 9. The molecule has 2 rings (SSSR count). The molecule has 0 atom stereocenters. The second kappa shape index (κ2) is 9.88. The number of ether oxygens (including phenoxy) is 1. The highest BCUT2D eigenvalue weighted by molar-refractivity contribution is 9.10. The Hall–Kier alpha value is -2.71. The van der Waals surface area contributed by atoms with Crippen molar-refractivity contribution in [2.45, 2.75) is 31.6 Å². The minimum Gasteiger partial charge on any atom is -0.433 e. The molecular formula is C19H13BrF10N2O2. The van der Waals surface area contributed by atoms with Gasteiger partial charge in [-0.15, -0.1) is 0 Å². The molecule has 0 aliphatic rings. The van der Waals surface area contributed by atoms with Gasteiger partial charge in [0.05, 0.1) is 16.9 Å². The number of carbonyl (C=O) groups is 1. The van der Waals surface area contributed by atoms with Gasteiger partial charge in [-0.1, -0.05) is 6.07 Å². The van der Waals surface area contributed by atoms with E-state index in [9.17, 15) is 48.7 Å². The number of anilines is 2. The van der Waals surface area contributed by atoms with Crippen LogP contribution in [-0.2, 0) is 5.67 Å². The number of carbonyl (C=O) groups excluding carboxylic acids is 1. The Bertz CT molecular complexity index is 1040. The molecule has 0 heterocycles. The standard InChI is InChI=1S/C19H13BrF10N2O2/c1-2-31-11-5-3-4-9(13(11)21)15(33)32-14-10(20)6-8(7-12(14)34-16(22)23)17(24,18(25,26)27)19(28,29)30/h3-7,16,31H,2H2,1H3,(H,32,33). The summed E-state index contributed by atoms with van der Waals surface area (Å²) in [7, 11) is 0. The van der Waals surface area contributed by atoms with Crippen LogP contribution in [0.4, 0.5) is 55.3 Å². The third kappa shape index (κ3) is 5.33. The van der Waals surface area contributed by atoms with Gasteiger partial charge in [0.1, 0.15) is 0 Å². The highest BCUT2D eigenvalue weighted by Crippen LogP contribution is 2.55. The summed E-state index contributed by atoms with van der Waals surface area (Å²) in [5.41, 5.74) is -9.77. The van der Waals surface area contributed by atoms with Crippen LogP contribution in [0, 0.1) is 5.82 Å². The van der Waals surface area contributed by atoms with Crippen molar-refractivity contribution in [1.82, 2.24) is 0 Å². The lowest BCUT2D eigenvalue weighted by Crippen LogP contribution is -2.50. The largest absolute Gasteiger partial charge is 0.435 e. The van der Waals surface area contributed by atoms with Gasteiger partial charge in [0.15, 0.2) is 11.6 Å². The Morgan fingerprint density at radius 1 is 1.06 bits per heavy atom. The number of hydrogen-bond donors (Lipinski definition) is 2. The number of amides is 1. The number of nitrogens with one attached hydrogen (secondary N) is 2. The molecule has 0 aliphatic heterocycles. The quantitative estimate of drug-likeness (QED) is 0.347. The minimum absolute atomic E-state index is 0.0136. The average Bonchev–Trinajstić information content (AvgIpc) is 2.69. The molecule has 0 saturated heterocycles. The van der Waals surface area contributed by atoms with Gasteiger partial charge < -0.3 is 15.4 Å². The summed E-state index contributed by atoms with van der Waals surface area (Å²) in [5.74, 6) is -3.84. The van der Waals surface area contributed by atoms with E-state index in [0.29, 0.717) is 0 Å². The molecule has 4 nitrogen and oxygen atoms in total. The highest BCUT2D eigenvalue weighted by Gasteiger charge is 2.73. The maximum Gasteiger partial charge on any atom is 0.435 e. The topological polar surface area (TPSA) is 50.4 Å². The summed E-state index contributed by atoms with van der Waals surface area (Å²) in [4.78, 5) is 12.5. The Balaban J connectivity index is 2.63. The molecule has 2 aromatic rings. The molecule has 34 heavy (non-hydrogen) atoms. The van der Waals surface area contributed by atoms with Gasteiger partial charge in [-0.05, 0) is 47.1 Å². The van der Waals surface area contributed by atoms with E-state index in [4.69, 9.17) is 0 Å². The van der Waals surface area contributed by atoms with E-state index in [1.165, 1.54) is 12.1 Å². The summed E-state index contributed by atoms with van der Waals surface area (Å²) >= 11 is 2.53. The van der Waals surface area contributed by atoms with E-state index in [-0.39, 0.29) is 24.4 Å². The van der Waals surface area contributed by atoms with Crippen molar-refractivity contribution in [3.8, 4) is 5.75 Å². The van der Waals surface area contributed by atoms with Crippen molar-refractivity contribution in [3.63, 3.8) is 0 Å². The van der Waals surface area contributed by atoms with Gasteiger partial charge in [0.25, 0.3) is 5.91 Å². The van der Waals surface area contributed by atoms with Crippen molar-refractivity contribution in [2.24, 2.45) is 0 Å². The van der Waals surface area contributed by atoms with E-state index in [1.807, 2.05) is 5.32 Å². The molecule has 0 spiro atoms. The van der Waals surface area contributed by atoms with Crippen molar-refractivity contribution < 1.29 is 53.4 Å². The molecule has 2 aromatic carbocycles. The molecule has 0 aliphatic carbocycles. The summed E-state index contributed by atoms with van der Waals surface area (Å²) in [6.45, 7) is -1.92. The van der Waals surface area contributed by atoms with Crippen LogP contribution in [0.25, 0.3) is 0 Å². The third-order valence-electron chi connectivity index (χ3n) is 4.30. The maximum atomic E-state index is 14.5. The Morgan fingerprint density at radius 2 is 1.65 bits per heavy atom. The molecular weight excluding hydrogens is 558 g/mol. The van der Waals surface area contributed by atoms with Gasteiger partial charge >= 0.3 is 24.6 Å². The van der Waals surface area contributed by atoms with Crippen LogP contribution in [0.5, 0.6) is 5.75 Å². The monoisotopic (exact) mass is 570 g/mol. The summed E-state index contributed by atoms with van der Waals surface area (Å²) in [6, 6.07) is 3.19. The van der Waals surface area contributed by atoms with E-state index in [0.717, 1.165) is 6.07 Å². The zero-order valence-corrected chi connectivity index (χ0v) is 18.2. The number of hydrogen-bond acceptors (Lipinski definition) is 3. The van der Waals surface area contributed by atoms with Crippen LogP contribution in [0.15, 0.2) is 34.8 Å². The summed E-state index contributed by atoms with van der Waals surface area (Å²) in [6.07, 6.45) is -13.1. The highest BCUT2D eigenvalue weighted by atomic mass is 79.9. The number of halogens is 11. The van der Waals surface area contributed by atoms with Crippen molar-refractivity contribution in [2.75, 3.05) is 17.2 Å². The predicted molar refractivity (Wildman–Crippen MR) is 104 cm³/mol.